The van der Waals surface area contributed by atoms with Gasteiger partial charge in [0.15, 0.2) is 0 Å². The lowest BCUT2D eigenvalue weighted by molar-refractivity contribution is -0.152. The molecule has 4 nitrogen and oxygen atoms in total. The summed E-state index contributed by atoms with van der Waals surface area (Å²) in [5, 5.41) is 8.85. The first kappa shape index (κ1) is 10.0. The largest absolute Gasteiger partial charge is 0.479 e. The van der Waals surface area contributed by atoms with Crippen molar-refractivity contribution >= 4 is 5.97 Å². The first-order valence-corrected chi connectivity index (χ1v) is 4.22. The van der Waals surface area contributed by atoms with Crippen molar-refractivity contribution in [1.82, 2.24) is 9.55 Å². The minimum atomic E-state index is -4.62. The number of carboxylic acids is 1. The summed E-state index contributed by atoms with van der Waals surface area (Å²) in [5.74, 6) is -2.40. The van der Waals surface area contributed by atoms with Crippen molar-refractivity contribution in [2.45, 2.75) is 24.6 Å². The Kier molecular flexibility index (Phi) is 1.83. The van der Waals surface area contributed by atoms with Gasteiger partial charge in [0.2, 0.25) is 5.82 Å². The molecule has 0 atom stereocenters. The molecule has 7 heteroatoms. The molecule has 1 aliphatic rings. The average molecular weight is 220 g/mol. The summed E-state index contributed by atoms with van der Waals surface area (Å²) in [4.78, 5) is 14.0. The zero-order valence-electron chi connectivity index (χ0n) is 7.45. The van der Waals surface area contributed by atoms with Crippen molar-refractivity contribution in [3.8, 4) is 0 Å². The Balaban J connectivity index is 2.47. The summed E-state index contributed by atoms with van der Waals surface area (Å²) in [7, 11) is 0. The van der Waals surface area contributed by atoms with Crippen LogP contribution in [0.3, 0.4) is 0 Å². The van der Waals surface area contributed by atoms with Crippen molar-refractivity contribution in [2.24, 2.45) is 0 Å². The van der Waals surface area contributed by atoms with Crippen LogP contribution in [0.25, 0.3) is 0 Å². The van der Waals surface area contributed by atoms with Crippen molar-refractivity contribution in [1.29, 1.82) is 0 Å². The average Bonchev–Trinajstić information content (AvgIpc) is 2.75. The summed E-state index contributed by atoms with van der Waals surface area (Å²) < 4.78 is 38.0. The number of nitrogens with zero attached hydrogens (tertiary/aromatic N) is 2. The fraction of sp³-hybridized carbons (Fsp3) is 0.500. The third-order valence-electron chi connectivity index (χ3n) is 2.48. The van der Waals surface area contributed by atoms with Gasteiger partial charge >= 0.3 is 12.1 Å². The summed E-state index contributed by atoms with van der Waals surface area (Å²) in [5.41, 5.74) is -1.43. The molecule has 1 fully saturated rings. The van der Waals surface area contributed by atoms with Crippen LogP contribution in [0.15, 0.2) is 12.4 Å². The normalized spacial score (nSPS) is 18.9. The van der Waals surface area contributed by atoms with Crippen LogP contribution >= 0.6 is 0 Å². The highest BCUT2D eigenvalue weighted by Crippen LogP contribution is 2.46. The van der Waals surface area contributed by atoms with E-state index in [-0.39, 0.29) is 12.8 Å². The molecule has 0 unspecified atom stereocenters. The van der Waals surface area contributed by atoms with Crippen LogP contribution in [0.1, 0.15) is 18.7 Å². The van der Waals surface area contributed by atoms with Crippen LogP contribution in [0.2, 0.25) is 0 Å². The van der Waals surface area contributed by atoms with Crippen LogP contribution < -0.4 is 0 Å². The molecule has 0 saturated heterocycles. The molecule has 0 aromatic carbocycles. The quantitative estimate of drug-likeness (QED) is 0.821. The predicted octanol–water partition coefficient (Wildman–Crippen LogP) is 1.48. The maximum atomic E-state index is 12.4. The lowest BCUT2D eigenvalue weighted by Gasteiger charge is -2.16. The highest BCUT2D eigenvalue weighted by molar-refractivity contribution is 5.80. The topological polar surface area (TPSA) is 55.1 Å². The number of alkyl halides is 3. The van der Waals surface area contributed by atoms with Gasteiger partial charge in [-0.3, -0.25) is 0 Å². The summed E-state index contributed by atoms with van der Waals surface area (Å²) in [6.45, 7) is 0. The van der Waals surface area contributed by atoms with E-state index < -0.39 is 23.5 Å². The van der Waals surface area contributed by atoms with Gasteiger partial charge in [0, 0.05) is 12.4 Å². The van der Waals surface area contributed by atoms with Crippen LogP contribution in [0, 0.1) is 0 Å². The van der Waals surface area contributed by atoms with Crippen molar-refractivity contribution in [2.75, 3.05) is 0 Å². The first-order valence-electron chi connectivity index (χ1n) is 4.22. The molecule has 1 saturated carbocycles. The van der Waals surface area contributed by atoms with E-state index in [2.05, 4.69) is 4.98 Å². The molecule has 82 valence electrons. The van der Waals surface area contributed by atoms with Crippen LogP contribution in [-0.2, 0) is 16.5 Å². The third-order valence-corrected chi connectivity index (χ3v) is 2.48. The van der Waals surface area contributed by atoms with Crippen LogP contribution in [-0.4, -0.2) is 20.6 Å². The smallest absolute Gasteiger partial charge is 0.449 e. The summed E-state index contributed by atoms with van der Waals surface area (Å²) in [6, 6.07) is 0. The maximum absolute atomic E-state index is 12.4. The number of carboxylic acid groups (broad SMARTS) is 1. The molecule has 0 aliphatic heterocycles. The number of hydrogen-bond acceptors (Lipinski definition) is 2. The van der Waals surface area contributed by atoms with Gasteiger partial charge in [-0.25, -0.2) is 9.78 Å². The standard InChI is InChI=1S/C8H7F3N2O2/c9-8(10,11)5-12-3-4-13(5)7(1-2-7)6(14)15/h3-4H,1-2H2,(H,14,15). The number of aromatic nitrogens is 2. The van der Waals surface area contributed by atoms with Gasteiger partial charge in [-0.2, -0.15) is 13.2 Å². The second kappa shape index (κ2) is 2.74. The van der Waals surface area contributed by atoms with E-state index in [9.17, 15) is 18.0 Å². The Morgan fingerprint density at radius 2 is 2.13 bits per heavy atom. The van der Waals surface area contributed by atoms with E-state index in [1.165, 1.54) is 0 Å². The Bertz CT molecular complexity index is 406. The SMILES string of the molecule is O=C(O)C1(n2ccnc2C(F)(F)F)CC1. The molecule has 1 heterocycles. The van der Waals surface area contributed by atoms with Crippen molar-refractivity contribution in [3.63, 3.8) is 0 Å². The van der Waals surface area contributed by atoms with Gasteiger partial charge in [-0.15, -0.1) is 0 Å². The molecule has 0 amide bonds. The highest BCUT2D eigenvalue weighted by atomic mass is 19.4. The molecule has 0 spiro atoms. The Morgan fingerprint density at radius 3 is 2.53 bits per heavy atom. The molecular formula is C8H7F3N2O2. The monoisotopic (exact) mass is 220 g/mol. The van der Waals surface area contributed by atoms with E-state index in [0.717, 1.165) is 12.4 Å². The third kappa shape index (κ3) is 1.38. The van der Waals surface area contributed by atoms with E-state index in [4.69, 9.17) is 5.11 Å². The number of halogens is 3. The number of hydrogen-bond donors (Lipinski definition) is 1. The number of imidazole rings is 1. The maximum Gasteiger partial charge on any atom is 0.449 e. The summed E-state index contributed by atoms with van der Waals surface area (Å²) >= 11 is 0. The van der Waals surface area contributed by atoms with Gasteiger partial charge < -0.3 is 9.67 Å². The van der Waals surface area contributed by atoms with E-state index in [1.807, 2.05) is 0 Å². The predicted molar refractivity (Wildman–Crippen MR) is 42.1 cm³/mol. The lowest BCUT2D eigenvalue weighted by Crippen LogP contribution is -2.31. The van der Waals surface area contributed by atoms with Gasteiger partial charge in [0.25, 0.3) is 0 Å². The molecule has 1 aromatic heterocycles. The number of aliphatic carboxylic acids is 1. The number of carbonyl (C=O) groups is 1. The molecular weight excluding hydrogens is 213 g/mol. The van der Waals surface area contributed by atoms with Crippen molar-refractivity contribution < 1.29 is 23.1 Å². The highest BCUT2D eigenvalue weighted by Gasteiger charge is 2.55. The van der Waals surface area contributed by atoms with Crippen molar-refractivity contribution in [3.05, 3.63) is 18.2 Å². The lowest BCUT2D eigenvalue weighted by atomic mass is 10.2. The fourth-order valence-corrected chi connectivity index (χ4v) is 1.53. The van der Waals surface area contributed by atoms with E-state index >= 15 is 0 Å². The molecule has 2 rings (SSSR count). The Morgan fingerprint density at radius 1 is 1.53 bits per heavy atom. The van der Waals surface area contributed by atoms with Crippen LogP contribution in [0.4, 0.5) is 13.2 Å². The van der Waals surface area contributed by atoms with Gasteiger partial charge in [-0.05, 0) is 12.8 Å². The van der Waals surface area contributed by atoms with Gasteiger partial charge in [-0.1, -0.05) is 0 Å². The molecule has 15 heavy (non-hydrogen) atoms. The van der Waals surface area contributed by atoms with E-state index in [0.29, 0.717) is 4.57 Å². The minimum absolute atomic E-state index is 0.210. The second-order valence-electron chi connectivity index (χ2n) is 3.46. The Hall–Kier alpha value is -1.53. The zero-order chi connectivity index (χ0) is 11.3. The minimum Gasteiger partial charge on any atom is -0.479 e. The van der Waals surface area contributed by atoms with Gasteiger partial charge in [0.1, 0.15) is 5.54 Å². The molecule has 0 radical (unpaired) electrons. The second-order valence-corrected chi connectivity index (χ2v) is 3.46. The van der Waals surface area contributed by atoms with Crippen LogP contribution in [0.5, 0.6) is 0 Å². The molecule has 1 N–H and O–H groups in total. The fourth-order valence-electron chi connectivity index (χ4n) is 1.53. The first-order chi connectivity index (χ1) is 6.88. The van der Waals surface area contributed by atoms with Gasteiger partial charge in [0.05, 0.1) is 0 Å². The summed E-state index contributed by atoms with van der Waals surface area (Å²) in [6.07, 6.45) is -2.17. The number of rotatable bonds is 2. The zero-order valence-corrected chi connectivity index (χ0v) is 7.45. The molecule has 0 bridgehead atoms. The molecule has 1 aromatic rings. The van der Waals surface area contributed by atoms with E-state index in [1.54, 1.807) is 0 Å². The Labute approximate surface area is 82.3 Å². The molecule has 1 aliphatic carbocycles.